The van der Waals surface area contributed by atoms with E-state index in [1.165, 1.54) is 24.3 Å². The minimum absolute atomic E-state index is 0.238. The van der Waals surface area contributed by atoms with Gasteiger partial charge in [-0.3, -0.25) is 4.79 Å². The summed E-state index contributed by atoms with van der Waals surface area (Å²) in [4.78, 5) is 16.2. The van der Waals surface area contributed by atoms with Crippen molar-refractivity contribution in [1.29, 1.82) is 0 Å². The highest BCUT2D eigenvalue weighted by Gasteiger charge is 2.07. The highest BCUT2D eigenvalue weighted by atomic mass is 19.1. The quantitative estimate of drug-likeness (QED) is 0.731. The summed E-state index contributed by atoms with van der Waals surface area (Å²) >= 11 is 0. The lowest BCUT2D eigenvalue weighted by molar-refractivity contribution is 0.102. The van der Waals surface area contributed by atoms with Gasteiger partial charge in [0.25, 0.3) is 5.91 Å². The Kier molecular flexibility index (Phi) is 4.89. The topological polar surface area (TPSA) is 63.2 Å². The van der Waals surface area contributed by atoms with Crippen LogP contribution in [0.15, 0.2) is 66.9 Å². The predicted molar refractivity (Wildman–Crippen MR) is 94.9 cm³/mol. The van der Waals surface area contributed by atoms with Crippen LogP contribution in [0.3, 0.4) is 0 Å². The standard InChI is InChI=1S/C19H16FN3O2/c1-25-17-8-5-15(6-9-17)22-16-7-10-18(21-12-16)23-19(24)13-3-2-4-14(20)11-13/h2-12,22H,1H3,(H,21,23,24). The number of carbonyl (C=O) groups excluding carboxylic acids is 1. The van der Waals surface area contributed by atoms with Crippen molar-refractivity contribution in [2.75, 3.05) is 17.7 Å². The van der Waals surface area contributed by atoms with E-state index in [1.807, 2.05) is 24.3 Å². The van der Waals surface area contributed by atoms with E-state index in [0.717, 1.165) is 17.1 Å². The molecular weight excluding hydrogens is 321 g/mol. The molecule has 5 nitrogen and oxygen atoms in total. The fourth-order valence-corrected chi connectivity index (χ4v) is 2.20. The maximum Gasteiger partial charge on any atom is 0.256 e. The van der Waals surface area contributed by atoms with E-state index in [9.17, 15) is 9.18 Å². The Balaban J connectivity index is 1.64. The zero-order valence-corrected chi connectivity index (χ0v) is 13.5. The van der Waals surface area contributed by atoms with Crippen molar-refractivity contribution >= 4 is 23.1 Å². The Hall–Kier alpha value is -3.41. The number of halogens is 1. The molecule has 0 saturated carbocycles. The number of rotatable bonds is 5. The maximum atomic E-state index is 13.2. The smallest absolute Gasteiger partial charge is 0.256 e. The summed E-state index contributed by atoms with van der Waals surface area (Å²) in [5.74, 6) is 0.288. The molecular formula is C19H16FN3O2. The van der Waals surface area contributed by atoms with Gasteiger partial charge in [-0.15, -0.1) is 0 Å². The van der Waals surface area contributed by atoms with Crippen LogP contribution in [0.1, 0.15) is 10.4 Å². The van der Waals surface area contributed by atoms with E-state index in [2.05, 4.69) is 15.6 Å². The van der Waals surface area contributed by atoms with Crippen LogP contribution in [0.2, 0.25) is 0 Å². The van der Waals surface area contributed by atoms with Crippen LogP contribution >= 0.6 is 0 Å². The molecule has 0 aliphatic heterocycles. The minimum Gasteiger partial charge on any atom is -0.497 e. The van der Waals surface area contributed by atoms with Crippen LogP contribution < -0.4 is 15.4 Å². The number of carbonyl (C=O) groups is 1. The lowest BCUT2D eigenvalue weighted by atomic mass is 10.2. The first-order valence-corrected chi connectivity index (χ1v) is 7.58. The predicted octanol–water partition coefficient (Wildman–Crippen LogP) is 4.23. The normalized spacial score (nSPS) is 10.2. The molecule has 1 heterocycles. The van der Waals surface area contributed by atoms with Crippen molar-refractivity contribution in [2.45, 2.75) is 0 Å². The van der Waals surface area contributed by atoms with Gasteiger partial charge in [0.15, 0.2) is 0 Å². The first-order chi connectivity index (χ1) is 12.1. The second kappa shape index (κ2) is 7.44. The van der Waals surface area contributed by atoms with E-state index in [4.69, 9.17) is 4.74 Å². The molecule has 2 N–H and O–H groups in total. The van der Waals surface area contributed by atoms with E-state index in [1.54, 1.807) is 25.4 Å². The van der Waals surface area contributed by atoms with E-state index in [-0.39, 0.29) is 5.56 Å². The van der Waals surface area contributed by atoms with E-state index < -0.39 is 11.7 Å². The molecule has 3 aromatic rings. The zero-order valence-electron chi connectivity index (χ0n) is 13.5. The summed E-state index contributed by atoms with van der Waals surface area (Å²) in [6.45, 7) is 0. The highest BCUT2D eigenvalue weighted by molar-refractivity contribution is 6.03. The molecule has 3 rings (SSSR count). The molecule has 2 aromatic carbocycles. The van der Waals surface area contributed by atoms with Crippen LogP contribution in [-0.2, 0) is 0 Å². The van der Waals surface area contributed by atoms with Gasteiger partial charge < -0.3 is 15.4 Å². The SMILES string of the molecule is COc1ccc(Nc2ccc(NC(=O)c3cccc(F)c3)nc2)cc1. The first kappa shape index (κ1) is 16.4. The summed E-state index contributed by atoms with van der Waals surface area (Å²) in [5, 5.41) is 5.83. The van der Waals surface area contributed by atoms with Crippen LogP contribution in [0, 0.1) is 5.82 Å². The first-order valence-electron chi connectivity index (χ1n) is 7.58. The molecule has 1 amide bonds. The molecule has 0 atom stereocenters. The molecule has 25 heavy (non-hydrogen) atoms. The van der Waals surface area contributed by atoms with Crippen molar-refractivity contribution in [3.63, 3.8) is 0 Å². The fraction of sp³-hybridized carbons (Fsp3) is 0.0526. The summed E-state index contributed by atoms with van der Waals surface area (Å²) in [7, 11) is 1.61. The van der Waals surface area contributed by atoms with Crippen LogP contribution in [0.5, 0.6) is 5.75 Å². The van der Waals surface area contributed by atoms with Gasteiger partial charge in [-0.1, -0.05) is 6.07 Å². The monoisotopic (exact) mass is 337 g/mol. The molecule has 0 aliphatic carbocycles. The Labute approximate surface area is 144 Å². The summed E-state index contributed by atoms with van der Waals surface area (Å²) in [6.07, 6.45) is 1.60. The van der Waals surface area contributed by atoms with Gasteiger partial charge in [-0.2, -0.15) is 0 Å². The molecule has 0 fully saturated rings. The molecule has 126 valence electrons. The molecule has 0 radical (unpaired) electrons. The third-order valence-electron chi connectivity index (χ3n) is 3.47. The Morgan fingerprint density at radius 1 is 1.04 bits per heavy atom. The van der Waals surface area contributed by atoms with Crippen LogP contribution in [-0.4, -0.2) is 18.0 Å². The summed E-state index contributed by atoms with van der Waals surface area (Å²) < 4.78 is 18.3. The number of hydrogen-bond donors (Lipinski definition) is 2. The Morgan fingerprint density at radius 2 is 1.80 bits per heavy atom. The molecule has 0 unspecified atom stereocenters. The average Bonchev–Trinajstić information content (AvgIpc) is 2.64. The zero-order chi connectivity index (χ0) is 17.6. The van der Waals surface area contributed by atoms with Gasteiger partial charge in [0.05, 0.1) is 19.0 Å². The number of benzene rings is 2. The lowest BCUT2D eigenvalue weighted by Crippen LogP contribution is -2.13. The number of amides is 1. The molecule has 0 bridgehead atoms. The van der Waals surface area contributed by atoms with Gasteiger partial charge in [-0.05, 0) is 54.6 Å². The highest BCUT2D eigenvalue weighted by Crippen LogP contribution is 2.20. The number of ether oxygens (including phenoxy) is 1. The largest absolute Gasteiger partial charge is 0.497 e. The Bertz CT molecular complexity index is 865. The molecule has 1 aromatic heterocycles. The van der Waals surface area contributed by atoms with Gasteiger partial charge in [0.1, 0.15) is 17.4 Å². The van der Waals surface area contributed by atoms with Crippen molar-refractivity contribution in [1.82, 2.24) is 4.98 Å². The van der Waals surface area contributed by atoms with Crippen molar-refractivity contribution in [3.05, 3.63) is 78.2 Å². The number of hydrogen-bond acceptors (Lipinski definition) is 4. The fourth-order valence-electron chi connectivity index (χ4n) is 2.20. The number of nitrogens with one attached hydrogen (secondary N) is 2. The van der Waals surface area contributed by atoms with Crippen molar-refractivity contribution in [3.8, 4) is 5.75 Å². The van der Waals surface area contributed by atoms with E-state index >= 15 is 0 Å². The van der Waals surface area contributed by atoms with Gasteiger partial charge in [-0.25, -0.2) is 9.37 Å². The third kappa shape index (κ3) is 4.32. The number of nitrogens with zero attached hydrogens (tertiary/aromatic N) is 1. The molecule has 6 heteroatoms. The Morgan fingerprint density at radius 3 is 2.44 bits per heavy atom. The molecule has 0 saturated heterocycles. The molecule has 0 spiro atoms. The number of methoxy groups -OCH3 is 1. The molecule has 0 aliphatic rings. The van der Waals surface area contributed by atoms with Gasteiger partial charge in [0.2, 0.25) is 0 Å². The number of aromatic nitrogens is 1. The van der Waals surface area contributed by atoms with Crippen molar-refractivity contribution < 1.29 is 13.9 Å². The lowest BCUT2D eigenvalue weighted by Gasteiger charge is -2.09. The maximum absolute atomic E-state index is 13.2. The van der Waals surface area contributed by atoms with Crippen LogP contribution in [0.4, 0.5) is 21.6 Å². The second-order valence-electron chi connectivity index (χ2n) is 5.25. The van der Waals surface area contributed by atoms with Crippen LogP contribution in [0.25, 0.3) is 0 Å². The van der Waals surface area contributed by atoms with Crippen molar-refractivity contribution in [2.24, 2.45) is 0 Å². The second-order valence-corrected chi connectivity index (χ2v) is 5.25. The third-order valence-corrected chi connectivity index (χ3v) is 3.47. The van der Waals surface area contributed by atoms with E-state index in [0.29, 0.717) is 5.82 Å². The summed E-state index contributed by atoms with van der Waals surface area (Å²) in [5.41, 5.74) is 1.90. The summed E-state index contributed by atoms with van der Waals surface area (Å²) in [6, 6.07) is 16.4. The number of anilines is 3. The van der Waals surface area contributed by atoms with Gasteiger partial charge in [0, 0.05) is 11.3 Å². The minimum atomic E-state index is -0.459. The average molecular weight is 337 g/mol. The van der Waals surface area contributed by atoms with Gasteiger partial charge >= 0.3 is 0 Å². The number of pyridine rings is 1.